The molecule has 1 atom stereocenters. The Morgan fingerprint density at radius 3 is 2.80 bits per heavy atom. The van der Waals surface area contributed by atoms with E-state index in [1.807, 2.05) is 0 Å². The van der Waals surface area contributed by atoms with Crippen molar-refractivity contribution >= 4 is 40.9 Å². The summed E-state index contributed by atoms with van der Waals surface area (Å²) in [5.41, 5.74) is 0.360. The summed E-state index contributed by atoms with van der Waals surface area (Å²) in [6.45, 7) is 1.72. The van der Waals surface area contributed by atoms with Crippen molar-refractivity contribution in [1.29, 1.82) is 0 Å². The van der Waals surface area contributed by atoms with Crippen LogP contribution >= 0.6 is 23.4 Å². The molecule has 0 heterocycles. The Labute approximate surface area is 126 Å². The van der Waals surface area contributed by atoms with Gasteiger partial charge in [-0.15, -0.1) is 11.8 Å². The van der Waals surface area contributed by atoms with Crippen molar-refractivity contribution in [1.82, 2.24) is 0 Å². The summed E-state index contributed by atoms with van der Waals surface area (Å²) in [6, 6.07) is 3.75. The minimum absolute atomic E-state index is 0.144. The molecule has 0 aromatic heterocycles. The summed E-state index contributed by atoms with van der Waals surface area (Å²) in [5.74, 6) is -0.549. The number of nitrogens with one attached hydrogen (secondary N) is 1. The predicted molar refractivity (Wildman–Crippen MR) is 78.6 cm³/mol. The lowest BCUT2D eigenvalue weighted by Crippen LogP contribution is -2.23. The molecule has 7 heteroatoms. The van der Waals surface area contributed by atoms with Gasteiger partial charge in [0.1, 0.15) is 5.82 Å². The fourth-order valence-electron chi connectivity index (χ4n) is 1.32. The second-order valence-electron chi connectivity index (χ2n) is 3.95. The number of anilines is 1. The van der Waals surface area contributed by atoms with E-state index >= 15 is 0 Å². The molecule has 0 aliphatic heterocycles. The zero-order valence-corrected chi connectivity index (χ0v) is 12.7. The molecule has 110 valence electrons. The Kier molecular flexibility index (Phi) is 6.81. The average molecular weight is 320 g/mol. The SMILES string of the molecule is COC(=O)CCS[C@H](C)C(=O)Nc1ccc(F)cc1Cl. The van der Waals surface area contributed by atoms with Crippen LogP contribution in [0.15, 0.2) is 18.2 Å². The van der Waals surface area contributed by atoms with E-state index < -0.39 is 5.82 Å². The van der Waals surface area contributed by atoms with Gasteiger partial charge in [-0.2, -0.15) is 0 Å². The van der Waals surface area contributed by atoms with Crippen LogP contribution in [-0.4, -0.2) is 30.0 Å². The molecule has 0 saturated carbocycles. The summed E-state index contributed by atoms with van der Waals surface area (Å²) in [4.78, 5) is 22.8. The van der Waals surface area contributed by atoms with Crippen LogP contribution in [0.2, 0.25) is 5.02 Å². The second-order valence-corrected chi connectivity index (χ2v) is 5.81. The van der Waals surface area contributed by atoms with Gasteiger partial charge in [-0.05, 0) is 25.1 Å². The topological polar surface area (TPSA) is 55.4 Å². The Bertz CT molecular complexity index is 499. The Hall–Kier alpha value is -1.27. The molecule has 0 aliphatic rings. The van der Waals surface area contributed by atoms with E-state index in [1.54, 1.807) is 6.92 Å². The molecule has 1 aromatic rings. The maximum Gasteiger partial charge on any atom is 0.306 e. The van der Waals surface area contributed by atoms with Gasteiger partial charge in [-0.1, -0.05) is 11.6 Å². The third-order valence-electron chi connectivity index (χ3n) is 2.46. The summed E-state index contributed by atoms with van der Waals surface area (Å²) < 4.78 is 17.4. The molecule has 1 rings (SSSR count). The number of amides is 1. The maximum absolute atomic E-state index is 12.9. The van der Waals surface area contributed by atoms with Crippen LogP contribution in [0.1, 0.15) is 13.3 Å². The van der Waals surface area contributed by atoms with Crippen LogP contribution in [0, 0.1) is 5.82 Å². The predicted octanol–water partition coefficient (Wildman–Crippen LogP) is 3.10. The number of methoxy groups -OCH3 is 1. The number of esters is 1. The minimum Gasteiger partial charge on any atom is -0.469 e. The van der Waals surface area contributed by atoms with E-state index in [4.69, 9.17) is 11.6 Å². The van der Waals surface area contributed by atoms with Gasteiger partial charge in [0.15, 0.2) is 0 Å². The number of carbonyl (C=O) groups is 2. The molecule has 0 saturated heterocycles. The Balaban J connectivity index is 2.47. The summed E-state index contributed by atoms with van der Waals surface area (Å²) in [6.07, 6.45) is 0.246. The smallest absolute Gasteiger partial charge is 0.306 e. The van der Waals surface area contributed by atoms with E-state index in [-0.39, 0.29) is 28.6 Å². The third kappa shape index (κ3) is 5.38. The van der Waals surface area contributed by atoms with Crippen molar-refractivity contribution < 1.29 is 18.7 Å². The molecule has 1 N–H and O–H groups in total. The number of hydrogen-bond donors (Lipinski definition) is 1. The van der Waals surface area contributed by atoms with Crippen molar-refractivity contribution in [2.75, 3.05) is 18.2 Å². The number of thioether (sulfide) groups is 1. The lowest BCUT2D eigenvalue weighted by molar-refractivity contribution is -0.140. The van der Waals surface area contributed by atoms with Crippen molar-refractivity contribution in [3.63, 3.8) is 0 Å². The fourth-order valence-corrected chi connectivity index (χ4v) is 2.38. The van der Waals surface area contributed by atoms with Gasteiger partial charge >= 0.3 is 5.97 Å². The number of halogens is 2. The first-order chi connectivity index (χ1) is 9.43. The molecular weight excluding hydrogens is 305 g/mol. The monoisotopic (exact) mass is 319 g/mol. The van der Waals surface area contributed by atoms with Gasteiger partial charge in [0.2, 0.25) is 5.91 Å². The maximum atomic E-state index is 12.9. The van der Waals surface area contributed by atoms with Crippen LogP contribution < -0.4 is 5.32 Å². The summed E-state index contributed by atoms with van der Waals surface area (Å²) in [5, 5.41) is 2.40. The number of benzene rings is 1. The number of hydrogen-bond acceptors (Lipinski definition) is 4. The largest absolute Gasteiger partial charge is 0.469 e. The molecule has 20 heavy (non-hydrogen) atoms. The first kappa shape index (κ1) is 16.8. The highest BCUT2D eigenvalue weighted by atomic mass is 35.5. The molecule has 1 aromatic carbocycles. The lowest BCUT2D eigenvalue weighted by Gasteiger charge is -2.12. The molecule has 0 bridgehead atoms. The zero-order chi connectivity index (χ0) is 15.1. The van der Waals surface area contributed by atoms with E-state index in [2.05, 4.69) is 10.1 Å². The van der Waals surface area contributed by atoms with Gasteiger partial charge in [-0.25, -0.2) is 4.39 Å². The number of ether oxygens (including phenoxy) is 1. The van der Waals surface area contributed by atoms with Crippen molar-refractivity contribution in [2.45, 2.75) is 18.6 Å². The highest BCUT2D eigenvalue weighted by molar-refractivity contribution is 8.00. The molecule has 0 aliphatic carbocycles. The van der Waals surface area contributed by atoms with Crippen molar-refractivity contribution in [3.05, 3.63) is 29.0 Å². The summed E-state index contributed by atoms with van der Waals surface area (Å²) >= 11 is 7.15. The van der Waals surface area contributed by atoms with Gasteiger partial charge in [0, 0.05) is 5.75 Å². The quantitative estimate of drug-likeness (QED) is 0.819. The normalized spacial score (nSPS) is 11.8. The molecule has 0 spiro atoms. The first-order valence-corrected chi connectivity index (χ1v) is 7.31. The minimum atomic E-state index is -0.464. The lowest BCUT2D eigenvalue weighted by atomic mass is 10.3. The zero-order valence-electron chi connectivity index (χ0n) is 11.1. The number of carbonyl (C=O) groups excluding carboxylic acids is 2. The van der Waals surface area contributed by atoms with Crippen LogP contribution in [0.5, 0.6) is 0 Å². The molecule has 0 fully saturated rings. The standard InChI is InChI=1S/C13H15ClFNO3S/c1-8(20-6-5-12(17)19-2)13(18)16-11-4-3-9(15)7-10(11)14/h3-4,7-8H,5-6H2,1-2H3,(H,16,18)/t8-/m1/s1. The van der Waals surface area contributed by atoms with Crippen LogP contribution in [0.25, 0.3) is 0 Å². The highest BCUT2D eigenvalue weighted by Crippen LogP contribution is 2.23. The van der Waals surface area contributed by atoms with Crippen LogP contribution in [-0.2, 0) is 14.3 Å². The Morgan fingerprint density at radius 2 is 2.20 bits per heavy atom. The number of rotatable bonds is 6. The van der Waals surface area contributed by atoms with E-state index in [9.17, 15) is 14.0 Å². The highest BCUT2D eigenvalue weighted by Gasteiger charge is 2.15. The fraction of sp³-hybridized carbons (Fsp3) is 0.385. The van der Waals surface area contributed by atoms with Gasteiger partial charge in [-0.3, -0.25) is 9.59 Å². The van der Waals surface area contributed by atoms with Crippen LogP contribution in [0.4, 0.5) is 10.1 Å². The molecule has 4 nitrogen and oxygen atoms in total. The first-order valence-electron chi connectivity index (χ1n) is 5.88. The average Bonchev–Trinajstić information content (AvgIpc) is 2.41. The van der Waals surface area contributed by atoms with E-state index in [1.165, 1.54) is 31.0 Å². The summed E-state index contributed by atoms with van der Waals surface area (Å²) in [7, 11) is 1.32. The van der Waals surface area contributed by atoms with Gasteiger partial charge in [0.25, 0.3) is 0 Å². The molecular formula is C13H15ClFNO3S. The van der Waals surface area contributed by atoms with Gasteiger partial charge in [0.05, 0.1) is 29.5 Å². The second kappa shape index (κ2) is 8.11. The Morgan fingerprint density at radius 1 is 1.50 bits per heavy atom. The molecule has 0 radical (unpaired) electrons. The van der Waals surface area contributed by atoms with Crippen molar-refractivity contribution in [2.24, 2.45) is 0 Å². The van der Waals surface area contributed by atoms with Gasteiger partial charge < -0.3 is 10.1 Å². The molecule has 0 unspecified atom stereocenters. The molecule has 1 amide bonds. The van der Waals surface area contributed by atoms with Crippen LogP contribution in [0.3, 0.4) is 0 Å². The van der Waals surface area contributed by atoms with Crippen molar-refractivity contribution in [3.8, 4) is 0 Å². The van der Waals surface area contributed by atoms with E-state index in [0.717, 1.165) is 6.07 Å². The van der Waals surface area contributed by atoms with E-state index in [0.29, 0.717) is 11.4 Å². The third-order valence-corrected chi connectivity index (χ3v) is 3.93.